The fraction of sp³-hybridized carbons (Fsp3) is 0.350. The number of aromatic nitrogens is 4. The molecule has 0 aromatic carbocycles. The van der Waals surface area contributed by atoms with E-state index in [1.54, 1.807) is 6.20 Å². The molecule has 2 atom stereocenters. The summed E-state index contributed by atoms with van der Waals surface area (Å²) in [5.41, 5.74) is 4.84. The third kappa shape index (κ3) is 3.95. The fourth-order valence-corrected chi connectivity index (χ4v) is 3.39. The van der Waals surface area contributed by atoms with Crippen LogP contribution in [0.1, 0.15) is 11.5 Å². The number of fused-ring (bicyclic) bond motifs is 1. The SMILES string of the molecule is C1=CC2C=NNC2C=C1c1nc(OCc2ccccn2)nc(N2CCOCC2)n1. The summed E-state index contributed by atoms with van der Waals surface area (Å²) in [5.74, 6) is 1.45. The average molecular weight is 391 g/mol. The first-order chi connectivity index (χ1) is 14.3. The van der Waals surface area contributed by atoms with E-state index in [9.17, 15) is 0 Å². The molecule has 0 saturated carbocycles. The molecule has 148 valence electrons. The molecule has 1 fully saturated rings. The van der Waals surface area contributed by atoms with Crippen LogP contribution in [0.4, 0.5) is 5.95 Å². The minimum atomic E-state index is 0.122. The van der Waals surface area contributed by atoms with Crippen molar-refractivity contribution in [2.24, 2.45) is 11.0 Å². The summed E-state index contributed by atoms with van der Waals surface area (Å²) in [6.45, 7) is 3.07. The highest BCUT2D eigenvalue weighted by Gasteiger charge is 2.25. The van der Waals surface area contributed by atoms with Gasteiger partial charge in [0.1, 0.15) is 6.61 Å². The van der Waals surface area contributed by atoms with Gasteiger partial charge in [-0.3, -0.25) is 4.98 Å². The molecule has 1 N–H and O–H groups in total. The molecule has 0 bridgehead atoms. The van der Waals surface area contributed by atoms with E-state index in [0.29, 0.717) is 31.6 Å². The molecule has 9 nitrogen and oxygen atoms in total. The Morgan fingerprint density at radius 1 is 1.17 bits per heavy atom. The van der Waals surface area contributed by atoms with Crippen LogP contribution in [0.25, 0.3) is 5.57 Å². The second-order valence-corrected chi connectivity index (χ2v) is 6.94. The predicted molar refractivity (Wildman–Crippen MR) is 107 cm³/mol. The summed E-state index contributed by atoms with van der Waals surface area (Å²) in [7, 11) is 0. The molecule has 5 rings (SSSR count). The van der Waals surface area contributed by atoms with Crippen molar-refractivity contribution in [2.75, 3.05) is 31.2 Å². The molecule has 1 saturated heterocycles. The van der Waals surface area contributed by atoms with Crippen molar-refractivity contribution in [3.63, 3.8) is 0 Å². The molecule has 9 heteroatoms. The van der Waals surface area contributed by atoms with Gasteiger partial charge in [0.2, 0.25) is 5.95 Å². The first-order valence-electron chi connectivity index (χ1n) is 9.66. The molecule has 0 radical (unpaired) electrons. The lowest BCUT2D eigenvalue weighted by Crippen LogP contribution is -2.37. The van der Waals surface area contributed by atoms with Crippen LogP contribution < -0.4 is 15.1 Å². The third-order valence-corrected chi connectivity index (χ3v) is 4.97. The monoisotopic (exact) mass is 391 g/mol. The molecule has 0 amide bonds. The minimum absolute atomic E-state index is 0.122. The molecule has 2 aromatic heterocycles. The summed E-state index contributed by atoms with van der Waals surface area (Å²) in [6.07, 6.45) is 9.87. The van der Waals surface area contributed by atoms with E-state index in [4.69, 9.17) is 14.5 Å². The van der Waals surface area contributed by atoms with Gasteiger partial charge in [-0.1, -0.05) is 18.2 Å². The maximum Gasteiger partial charge on any atom is 0.322 e. The Kier molecular flexibility index (Phi) is 4.87. The highest BCUT2D eigenvalue weighted by atomic mass is 16.5. The zero-order valence-corrected chi connectivity index (χ0v) is 15.8. The lowest BCUT2D eigenvalue weighted by atomic mass is 9.93. The van der Waals surface area contributed by atoms with Crippen LogP contribution in [0.3, 0.4) is 0 Å². The third-order valence-electron chi connectivity index (χ3n) is 4.97. The van der Waals surface area contributed by atoms with Gasteiger partial charge >= 0.3 is 6.01 Å². The Hall–Kier alpha value is -3.33. The number of allylic oxidation sites excluding steroid dienone is 2. The number of anilines is 1. The van der Waals surface area contributed by atoms with Crippen LogP contribution in [0.2, 0.25) is 0 Å². The summed E-state index contributed by atoms with van der Waals surface area (Å²) in [4.78, 5) is 20.2. The Labute approximate surface area is 168 Å². The quantitative estimate of drug-likeness (QED) is 0.812. The molecule has 29 heavy (non-hydrogen) atoms. The van der Waals surface area contributed by atoms with Crippen molar-refractivity contribution < 1.29 is 9.47 Å². The van der Waals surface area contributed by atoms with Crippen LogP contribution in [0.5, 0.6) is 6.01 Å². The van der Waals surface area contributed by atoms with Crippen molar-refractivity contribution in [2.45, 2.75) is 12.6 Å². The maximum absolute atomic E-state index is 5.87. The lowest BCUT2D eigenvalue weighted by molar-refractivity contribution is 0.122. The molecule has 2 unspecified atom stereocenters. The number of ether oxygens (including phenoxy) is 2. The van der Waals surface area contributed by atoms with Crippen molar-refractivity contribution >= 4 is 17.7 Å². The first kappa shape index (κ1) is 17.7. The van der Waals surface area contributed by atoms with E-state index in [1.165, 1.54) is 0 Å². The maximum atomic E-state index is 5.87. The number of rotatable bonds is 5. The summed E-state index contributed by atoms with van der Waals surface area (Å²) in [5, 5.41) is 4.15. The van der Waals surface area contributed by atoms with Gasteiger partial charge in [0.05, 0.1) is 24.9 Å². The zero-order valence-electron chi connectivity index (χ0n) is 15.8. The zero-order chi connectivity index (χ0) is 19.5. The Morgan fingerprint density at radius 2 is 2.10 bits per heavy atom. The van der Waals surface area contributed by atoms with Gasteiger partial charge in [0.25, 0.3) is 0 Å². The molecular formula is C20H21N7O2. The number of hydrogen-bond donors (Lipinski definition) is 1. The normalized spacial score (nSPS) is 22.8. The van der Waals surface area contributed by atoms with E-state index < -0.39 is 0 Å². The Bertz CT molecular complexity index is 955. The van der Waals surface area contributed by atoms with E-state index in [-0.39, 0.29) is 18.0 Å². The smallest absolute Gasteiger partial charge is 0.322 e. The van der Waals surface area contributed by atoms with Crippen LogP contribution in [0, 0.1) is 5.92 Å². The summed E-state index contributed by atoms with van der Waals surface area (Å²) in [6, 6.07) is 6.11. The standard InChI is InChI=1S/C20H21N7O2/c1-2-6-21-16(3-1)13-29-20-24-18(14-4-5-15-12-22-26-17(15)11-14)23-19(25-20)27-7-9-28-10-8-27/h1-6,11-12,15,17,26H,7-10,13H2. The van der Waals surface area contributed by atoms with Gasteiger partial charge in [-0.25, -0.2) is 0 Å². The van der Waals surface area contributed by atoms with Crippen molar-refractivity contribution in [1.29, 1.82) is 0 Å². The van der Waals surface area contributed by atoms with Gasteiger partial charge in [0.15, 0.2) is 5.82 Å². The highest BCUT2D eigenvalue weighted by molar-refractivity contribution is 5.77. The molecular weight excluding hydrogens is 370 g/mol. The first-order valence-corrected chi connectivity index (χ1v) is 9.66. The van der Waals surface area contributed by atoms with Gasteiger partial charge in [-0.05, 0) is 18.2 Å². The summed E-state index contributed by atoms with van der Waals surface area (Å²) >= 11 is 0. The molecule has 2 aromatic rings. The topological polar surface area (TPSA) is 97.7 Å². The van der Waals surface area contributed by atoms with Crippen LogP contribution in [-0.4, -0.2) is 58.5 Å². The van der Waals surface area contributed by atoms with Crippen LogP contribution in [0.15, 0.2) is 47.7 Å². The van der Waals surface area contributed by atoms with Crippen molar-refractivity contribution in [1.82, 2.24) is 25.4 Å². The second-order valence-electron chi connectivity index (χ2n) is 6.94. The number of nitrogens with one attached hydrogen (secondary N) is 1. The molecule has 4 heterocycles. The lowest BCUT2D eigenvalue weighted by Gasteiger charge is -2.27. The molecule has 1 aliphatic carbocycles. The van der Waals surface area contributed by atoms with E-state index in [1.807, 2.05) is 30.5 Å². The number of morpholine rings is 1. The van der Waals surface area contributed by atoms with Crippen LogP contribution >= 0.6 is 0 Å². The Morgan fingerprint density at radius 3 is 2.97 bits per heavy atom. The highest BCUT2D eigenvalue weighted by Crippen LogP contribution is 2.26. The average Bonchev–Trinajstić information content (AvgIpc) is 3.27. The largest absolute Gasteiger partial charge is 0.457 e. The Balaban J connectivity index is 1.44. The second kappa shape index (κ2) is 7.96. The van der Waals surface area contributed by atoms with E-state index >= 15 is 0 Å². The molecule has 3 aliphatic rings. The van der Waals surface area contributed by atoms with E-state index in [2.05, 4.69) is 42.5 Å². The molecule has 0 spiro atoms. The molecule has 2 aliphatic heterocycles. The number of hydrazone groups is 1. The van der Waals surface area contributed by atoms with E-state index in [0.717, 1.165) is 24.4 Å². The fourth-order valence-electron chi connectivity index (χ4n) is 3.39. The van der Waals surface area contributed by atoms with Gasteiger partial charge < -0.3 is 19.8 Å². The van der Waals surface area contributed by atoms with Gasteiger partial charge in [-0.15, -0.1) is 0 Å². The number of nitrogens with zero attached hydrogens (tertiary/aromatic N) is 6. The van der Waals surface area contributed by atoms with Crippen molar-refractivity contribution in [3.05, 3.63) is 54.1 Å². The van der Waals surface area contributed by atoms with Crippen molar-refractivity contribution in [3.8, 4) is 6.01 Å². The van der Waals surface area contributed by atoms with Gasteiger partial charge in [0, 0.05) is 37.0 Å². The summed E-state index contributed by atoms with van der Waals surface area (Å²) < 4.78 is 11.3. The predicted octanol–water partition coefficient (Wildman–Crippen LogP) is 1.21. The van der Waals surface area contributed by atoms with Gasteiger partial charge in [-0.2, -0.15) is 20.1 Å². The van der Waals surface area contributed by atoms with Crippen LogP contribution in [-0.2, 0) is 11.3 Å². The number of pyridine rings is 1. The number of hydrogen-bond acceptors (Lipinski definition) is 9. The minimum Gasteiger partial charge on any atom is -0.457 e.